The normalized spacial score (nSPS) is 13.2. The van der Waals surface area contributed by atoms with Crippen molar-refractivity contribution in [3.8, 4) is 0 Å². The van der Waals surface area contributed by atoms with Crippen molar-refractivity contribution in [1.29, 1.82) is 0 Å². The molecular formula is C22H20F3N3O4. The summed E-state index contributed by atoms with van der Waals surface area (Å²) in [6.07, 6.45) is -3.38. The lowest BCUT2D eigenvalue weighted by Gasteiger charge is -2.15. The topological polar surface area (TPSA) is 95.6 Å². The molecule has 0 aromatic heterocycles. The molecule has 1 aliphatic heterocycles. The second-order valence-electron chi connectivity index (χ2n) is 7.27. The van der Waals surface area contributed by atoms with Crippen molar-refractivity contribution in [3.05, 3.63) is 58.7 Å². The fraction of sp³-hybridized carbons (Fsp3) is 0.273. The van der Waals surface area contributed by atoms with Crippen LogP contribution in [-0.4, -0.2) is 35.1 Å². The number of nitrogens with one attached hydrogen (secondary N) is 2. The van der Waals surface area contributed by atoms with E-state index in [1.54, 1.807) is 0 Å². The van der Waals surface area contributed by atoms with Gasteiger partial charge in [0.1, 0.15) is 0 Å². The maximum atomic E-state index is 13.5. The highest BCUT2D eigenvalue weighted by atomic mass is 19.4. The Morgan fingerprint density at radius 1 is 0.969 bits per heavy atom. The van der Waals surface area contributed by atoms with Gasteiger partial charge in [0.05, 0.1) is 22.4 Å². The van der Waals surface area contributed by atoms with E-state index in [0.717, 1.165) is 24.3 Å². The first-order valence-corrected chi connectivity index (χ1v) is 9.83. The SMILES string of the molecule is CCCCN1C(=O)c2ccc(C(=O)Nc3ccc(NC(C)=O)cc3C(F)(F)F)cc2C1=O. The molecule has 0 unspecified atom stereocenters. The van der Waals surface area contributed by atoms with Crippen molar-refractivity contribution >= 4 is 35.0 Å². The first-order chi connectivity index (χ1) is 15.0. The van der Waals surface area contributed by atoms with Gasteiger partial charge >= 0.3 is 6.18 Å². The second-order valence-corrected chi connectivity index (χ2v) is 7.27. The highest BCUT2D eigenvalue weighted by molar-refractivity contribution is 6.22. The van der Waals surface area contributed by atoms with E-state index in [4.69, 9.17) is 0 Å². The number of fused-ring (bicyclic) bond motifs is 1. The molecule has 2 aromatic rings. The van der Waals surface area contributed by atoms with Crippen LogP contribution >= 0.6 is 0 Å². The van der Waals surface area contributed by atoms with E-state index in [0.29, 0.717) is 12.5 Å². The number of amides is 4. The van der Waals surface area contributed by atoms with Gasteiger partial charge in [0.2, 0.25) is 5.91 Å². The molecule has 3 rings (SSSR count). The van der Waals surface area contributed by atoms with Crippen molar-refractivity contribution in [1.82, 2.24) is 4.90 Å². The molecule has 0 aliphatic carbocycles. The third-order valence-corrected chi connectivity index (χ3v) is 4.86. The summed E-state index contributed by atoms with van der Waals surface area (Å²) in [5.74, 6) is -2.42. The molecule has 4 amide bonds. The van der Waals surface area contributed by atoms with Crippen molar-refractivity contribution in [3.63, 3.8) is 0 Å². The highest BCUT2D eigenvalue weighted by Crippen LogP contribution is 2.37. The number of alkyl halides is 3. The predicted octanol–water partition coefficient (Wildman–Crippen LogP) is 4.31. The van der Waals surface area contributed by atoms with E-state index in [1.807, 2.05) is 6.92 Å². The number of unbranched alkanes of at least 4 members (excludes halogenated alkanes) is 1. The van der Waals surface area contributed by atoms with E-state index in [-0.39, 0.29) is 28.9 Å². The van der Waals surface area contributed by atoms with Crippen LogP contribution in [0.2, 0.25) is 0 Å². The number of hydrogen-bond acceptors (Lipinski definition) is 4. The number of rotatable bonds is 6. The Morgan fingerprint density at radius 3 is 2.28 bits per heavy atom. The van der Waals surface area contributed by atoms with Gasteiger partial charge in [0.15, 0.2) is 0 Å². The Balaban J connectivity index is 1.88. The molecule has 0 radical (unpaired) electrons. The summed E-state index contributed by atoms with van der Waals surface area (Å²) in [4.78, 5) is 49.8. The number of nitrogens with zero attached hydrogens (tertiary/aromatic N) is 1. The van der Waals surface area contributed by atoms with Crippen LogP contribution in [0.15, 0.2) is 36.4 Å². The van der Waals surface area contributed by atoms with Gasteiger partial charge in [-0.2, -0.15) is 13.2 Å². The smallest absolute Gasteiger partial charge is 0.326 e. The van der Waals surface area contributed by atoms with Gasteiger partial charge in [-0.05, 0) is 42.8 Å². The third kappa shape index (κ3) is 4.63. The molecular weight excluding hydrogens is 427 g/mol. The first-order valence-electron chi connectivity index (χ1n) is 9.83. The molecule has 2 aromatic carbocycles. The maximum Gasteiger partial charge on any atom is 0.418 e. The van der Waals surface area contributed by atoms with E-state index >= 15 is 0 Å². The molecule has 0 bridgehead atoms. The monoisotopic (exact) mass is 447 g/mol. The number of imide groups is 1. The number of carbonyl (C=O) groups is 4. The van der Waals surface area contributed by atoms with Crippen LogP contribution in [0, 0.1) is 0 Å². The van der Waals surface area contributed by atoms with Gasteiger partial charge < -0.3 is 10.6 Å². The molecule has 0 spiro atoms. The van der Waals surface area contributed by atoms with E-state index < -0.39 is 41.1 Å². The standard InChI is InChI=1S/C22H20F3N3O4/c1-3-4-9-28-20(31)15-7-5-13(10-16(15)21(28)32)19(30)27-18-8-6-14(26-12(2)29)11-17(18)22(23,24)25/h5-8,10-11H,3-4,9H2,1-2H3,(H,26,29)(H,27,30). The average molecular weight is 447 g/mol. The van der Waals surface area contributed by atoms with Gasteiger partial charge in [0, 0.05) is 24.7 Å². The quantitative estimate of drug-likeness (QED) is 0.645. The molecule has 7 nitrogen and oxygen atoms in total. The minimum absolute atomic E-state index is 0.0378. The zero-order valence-corrected chi connectivity index (χ0v) is 17.3. The van der Waals surface area contributed by atoms with Gasteiger partial charge in [-0.1, -0.05) is 13.3 Å². The van der Waals surface area contributed by atoms with Crippen LogP contribution in [0.1, 0.15) is 63.3 Å². The van der Waals surface area contributed by atoms with Crippen LogP contribution in [0.4, 0.5) is 24.5 Å². The summed E-state index contributed by atoms with van der Waals surface area (Å²) in [5, 5.41) is 4.45. The zero-order chi connectivity index (χ0) is 23.6. The third-order valence-electron chi connectivity index (χ3n) is 4.86. The fourth-order valence-corrected chi connectivity index (χ4v) is 3.31. The first kappa shape index (κ1) is 23.0. The molecule has 0 saturated carbocycles. The Bertz CT molecular complexity index is 1110. The largest absolute Gasteiger partial charge is 0.418 e. The Kier molecular flexibility index (Phi) is 6.33. The van der Waals surface area contributed by atoms with Crippen LogP contribution in [0.3, 0.4) is 0 Å². The van der Waals surface area contributed by atoms with Crippen LogP contribution in [0.5, 0.6) is 0 Å². The summed E-state index contributed by atoms with van der Waals surface area (Å²) in [7, 11) is 0. The summed E-state index contributed by atoms with van der Waals surface area (Å²) in [6.45, 7) is 3.32. The van der Waals surface area contributed by atoms with Crippen LogP contribution in [0.25, 0.3) is 0 Å². The summed E-state index contributed by atoms with van der Waals surface area (Å²) >= 11 is 0. The van der Waals surface area contributed by atoms with Gasteiger partial charge in [0.25, 0.3) is 17.7 Å². The predicted molar refractivity (Wildman–Crippen MR) is 110 cm³/mol. The fourth-order valence-electron chi connectivity index (χ4n) is 3.31. The molecule has 0 saturated heterocycles. The lowest BCUT2D eigenvalue weighted by Crippen LogP contribution is -2.30. The van der Waals surface area contributed by atoms with E-state index in [2.05, 4.69) is 10.6 Å². The molecule has 1 aliphatic rings. The molecule has 2 N–H and O–H groups in total. The summed E-state index contributed by atoms with van der Waals surface area (Å²) in [6, 6.07) is 6.77. The number of benzene rings is 2. The molecule has 0 atom stereocenters. The van der Waals surface area contributed by atoms with E-state index in [1.165, 1.54) is 24.3 Å². The molecule has 1 heterocycles. The maximum absolute atomic E-state index is 13.5. The van der Waals surface area contributed by atoms with Gasteiger partial charge in [-0.25, -0.2) is 0 Å². The number of hydrogen-bond donors (Lipinski definition) is 2. The number of carbonyl (C=O) groups excluding carboxylic acids is 4. The number of anilines is 2. The minimum atomic E-state index is -4.79. The Labute approximate surface area is 181 Å². The van der Waals surface area contributed by atoms with Crippen molar-refractivity contribution in [2.75, 3.05) is 17.2 Å². The van der Waals surface area contributed by atoms with Crippen molar-refractivity contribution in [2.24, 2.45) is 0 Å². The lowest BCUT2D eigenvalue weighted by atomic mass is 10.0. The molecule has 32 heavy (non-hydrogen) atoms. The highest BCUT2D eigenvalue weighted by Gasteiger charge is 2.36. The summed E-state index contributed by atoms with van der Waals surface area (Å²) in [5.41, 5.74) is -1.61. The Morgan fingerprint density at radius 2 is 1.66 bits per heavy atom. The van der Waals surface area contributed by atoms with Gasteiger partial charge in [-0.3, -0.25) is 24.1 Å². The van der Waals surface area contributed by atoms with Crippen molar-refractivity contribution < 1.29 is 32.3 Å². The molecule has 10 heteroatoms. The van der Waals surface area contributed by atoms with Crippen LogP contribution < -0.4 is 10.6 Å². The van der Waals surface area contributed by atoms with Crippen molar-refractivity contribution in [2.45, 2.75) is 32.9 Å². The number of halogens is 3. The second kappa shape index (κ2) is 8.81. The minimum Gasteiger partial charge on any atom is -0.326 e. The molecule has 0 fully saturated rings. The van der Waals surface area contributed by atoms with E-state index in [9.17, 15) is 32.3 Å². The van der Waals surface area contributed by atoms with Gasteiger partial charge in [-0.15, -0.1) is 0 Å². The van der Waals surface area contributed by atoms with Crippen LogP contribution in [-0.2, 0) is 11.0 Å². The Hall–Kier alpha value is -3.69. The zero-order valence-electron chi connectivity index (χ0n) is 17.3. The molecule has 168 valence electrons. The lowest BCUT2D eigenvalue weighted by molar-refractivity contribution is -0.137. The average Bonchev–Trinajstić information content (AvgIpc) is 2.96. The summed E-state index contributed by atoms with van der Waals surface area (Å²) < 4.78 is 40.5.